The Morgan fingerprint density at radius 2 is 2.00 bits per heavy atom. The molecular weight excluding hydrogens is 261 g/mol. The van der Waals surface area contributed by atoms with Crippen molar-refractivity contribution in [1.29, 1.82) is 0 Å². The van der Waals surface area contributed by atoms with E-state index in [9.17, 15) is 18.0 Å². The smallest absolute Gasteiger partial charge is 0.401 e. The van der Waals surface area contributed by atoms with Crippen LogP contribution in [0.5, 0.6) is 0 Å². The Labute approximate surface area is 111 Å². The van der Waals surface area contributed by atoms with Crippen molar-refractivity contribution in [3.8, 4) is 0 Å². The van der Waals surface area contributed by atoms with Gasteiger partial charge in [-0.3, -0.25) is 9.69 Å². The van der Waals surface area contributed by atoms with E-state index in [4.69, 9.17) is 4.74 Å². The number of carbonyl (C=O) groups excluding carboxylic acids is 1. The molecule has 0 amide bonds. The van der Waals surface area contributed by atoms with Gasteiger partial charge in [-0.2, -0.15) is 13.2 Å². The molecule has 1 saturated heterocycles. The lowest BCUT2D eigenvalue weighted by atomic mass is 10.0. The zero-order valence-electron chi connectivity index (χ0n) is 11.1. The summed E-state index contributed by atoms with van der Waals surface area (Å²) in [6.07, 6.45) is -2.46. The van der Waals surface area contributed by atoms with Crippen LogP contribution in [0, 0.1) is 0 Å². The molecule has 1 aliphatic rings. The highest BCUT2D eigenvalue weighted by molar-refractivity contribution is 5.69. The topological polar surface area (TPSA) is 41.6 Å². The largest absolute Gasteiger partial charge is 0.466 e. The van der Waals surface area contributed by atoms with Crippen LogP contribution in [0.1, 0.15) is 26.2 Å². The van der Waals surface area contributed by atoms with Crippen LogP contribution in [-0.2, 0) is 9.53 Å². The lowest BCUT2D eigenvalue weighted by molar-refractivity contribution is -0.148. The Bertz CT molecular complexity index is 277. The molecule has 19 heavy (non-hydrogen) atoms. The molecule has 0 radical (unpaired) electrons. The lowest BCUT2D eigenvalue weighted by Crippen LogP contribution is -2.45. The van der Waals surface area contributed by atoms with Crippen molar-refractivity contribution in [2.75, 3.05) is 32.8 Å². The number of esters is 1. The lowest BCUT2D eigenvalue weighted by Gasteiger charge is -2.32. The molecule has 0 aliphatic carbocycles. The summed E-state index contributed by atoms with van der Waals surface area (Å²) in [6.45, 7) is 2.69. The molecule has 0 aromatic carbocycles. The highest BCUT2D eigenvalue weighted by Gasteiger charge is 2.32. The first-order valence-electron chi connectivity index (χ1n) is 6.59. The monoisotopic (exact) mass is 282 g/mol. The highest BCUT2D eigenvalue weighted by atomic mass is 19.4. The van der Waals surface area contributed by atoms with Crippen LogP contribution in [0.3, 0.4) is 0 Å². The second-order valence-electron chi connectivity index (χ2n) is 4.67. The number of hydrogen-bond acceptors (Lipinski definition) is 4. The minimum Gasteiger partial charge on any atom is -0.466 e. The van der Waals surface area contributed by atoms with Crippen molar-refractivity contribution in [3.63, 3.8) is 0 Å². The molecule has 0 aromatic heterocycles. The molecule has 112 valence electrons. The predicted molar refractivity (Wildman–Crippen MR) is 64.8 cm³/mol. The van der Waals surface area contributed by atoms with Crippen LogP contribution in [0.4, 0.5) is 13.2 Å². The summed E-state index contributed by atoms with van der Waals surface area (Å²) in [5.74, 6) is -0.246. The number of nitrogens with one attached hydrogen (secondary N) is 1. The first-order valence-corrected chi connectivity index (χ1v) is 6.59. The molecule has 0 spiro atoms. The van der Waals surface area contributed by atoms with Gasteiger partial charge in [-0.05, 0) is 32.9 Å². The van der Waals surface area contributed by atoms with E-state index in [2.05, 4.69) is 5.32 Å². The fraction of sp³-hybridized carbons (Fsp3) is 0.917. The van der Waals surface area contributed by atoms with E-state index in [-0.39, 0.29) is 12.0 Å². The van der Waals surface area contributed by atoms with Gasteiger partial charge in [0.1, 0.15) is 0 Å². The summed E-state index contributed by atoms with van der Waals surface area (Å²) in [7, 11) is 0. The van der Waals surface area contributed by atoms with Gasteiger partial charge in [0.2, 0.25) is 0 Å². The van der Waals surface area contributed by atoms with Gasteiger partial charge in [-0.15, -0.1) is 0 Å². The van der Waals surface area contributed by atoms with Gasteiger partial charge in [-0.1, -0.05) is 0 Å². The van der Waals surface area contributed by atoms with Crippen molar-refractivity contribution in [3.05, 3.63) is 0 Å². The second-order valence-corrected chi connectivity index (χ2v) is 4.67. The maximum atomic E-state index is 12.2. The highest BCUT2D eigenvalue weighted by Crippen LogP contribution is 2.19. The number of nitrogens with zero attached hydrogens (tertiary/aromatic N) is 1. The number of carbonyl (C=O) groups is 1. The Morgan fingerprint density at radius 3 is 2.53 bits per heavy atom. The first kappa shape index (κ1) is 16.2. The fourth-order valence-corrected chi connectivity index (χ4v) is 2.16. The van der Waals surface area contributed by atoms with Crippen molar-refractivity contribution in [1.82, 2.24) is 10.2 Å². The summed E-state index contributed by atoms with van der Waals surface area (Å²) >= 11 is 0. The molecule has 1 heterocycles. The molecule has 0 aromatic rings. The number of alkyl halides is 3. The van der Waals surface area contributed by atoms with Gasteiger partial charge >= 0.3 is 12.1 Å². The van der Waals surface area contributed by atoms with E-state index < -0.39 is 12.7 Å². The molecule has 0 bridgehead atoms. The SMILES string of the molecule is CCOC(=O)CCNC1CCN(CC(F)(F)F)CC1. The minimum absolute atomic E-state index is 0.193. The van der Waals surface area contributed by atoms with Gasteiger partial charge in [0.05, 0.1) is 19.6 Å². The van der Waals surface area contributed by atoms with Gasteiger partial charge in [0.15, 0.2) is 0 Å². The van der Waals surface area contributed by atoms with Crippen LogP contribution in [-0.4, -0.2) is 55.9 Å². The normalized spacial score (nSPS) is 18.5. The number of halogens is 3. The standard InChI is InChI=1S/C12H21F3N2O2/c1-2-19-11(18)3-6-16-10-4-7-17(8-5-10)9-12(13,14)15/h10,16H,2-9H2,1H3. The summed E-state index contributed by atoms with van der Waals surface area (Å²) in [4.78, 5) is 12.5. The van der Waals surface area contributed by atoms with E-state index in [1.807, 2.05) is 0 Å². The maximum absolute atomic E-state index is 12.2. The van der Waals surface area contributed by atoms with Gasteiger partial charge < -0.3 is 10.1 Å². The Kier molecular flexibility index (Phi) is 6.57. The molecule has 0 atom stereocenters. The van der Waals surface area contributed by atoms with Crippen molar-refractivity contribution in [2.45, 2.75) is 38.4 Å². The maximum Gasteiger partial charge on any atom is 0.401 e. The minimum atomic E-state index is -4.12. The summed E-state index contributed by atoms with van der Waals surface area (Å²) < 4.78 is 41.4. The number of likely N-dealkylation sites (tertiary alicyclic amines) is 1. The molecule has 1 fully saturated rings. The molecule has 4 nitrogen and oxygen atoms in total. The second kappa shape index (κ2) is 7.69. The number of hydrogen-bond donors (Lipinski definition) is 1. The van der Waals surface area contributed by atoms with E-state index in [1.54, 1.807) is 6.92 Å². The van der Waals surface area contributed by atoms with Crippen molar-refractivity contribution < 1.29 is 22.7 Å². The van der Waals surface area contributed by atoms with Crippen LogP contribution in [0.15, 0.2) is 0 Å². The first-order chi connectivity index (χ1) is 8.90. The van der Waals surface area contributed by atoms with Crippen LogP contribution in [0.2, 0.25) is 0 Å². The third-order valence-corrected chi connectivity index (χ3v) is 3.06. The summed E-state index contributed by atoms with van der Waals surface area (Å²) in [6, 6.07) is 0.193. The average Bonchev–Trinajstić information content (AvgIpc) is 2.30. The van der Waals surface area contributed by atoms with Crippen molar-refractivity contribution >= 4 is 5.97 Å². The summed E-state index contributed by atoms with van der Waals surface area (Å²) in [5, 5.41) is 3.19. The number of piperidine rings is 1. The van der Waals surface area contributed by atoms with Gasteiger partial charge in [-0.25, -0.2) is 0 Å². The van der Waals surface area contributed by atoms with Crippen molar-refractivity contribution in [2.24, 2.45) is 0 Å². The number of ether oxygens (including phenoxy) is 1. The average molecular weight is 282 g/mol. The van der Waals surface area contributed by atoms with Crippen LogP contribution in [0.25, 0.3) is 0 Å². The third kappa shape index (κ3) is 7.37. The van der Waals surface area contributed by atoms with Crippen LogP contribution < -0.4 is 5.32 Å². The fourth-order valence-electron chi connectivity index (χ4n) is 2.16. The van der Waals surface area contributed by atoms with E-state index in [0.717, 1.165) is 0 Å². The summed E-state index contributed by atoms with van der Waals surface area (Å²) in [5.41, 5.74) is 0. The molecule has 0 unspecified atom stereocenters. The Balaban J connectivity index is 2.11. The van der Waals surface area contributed by atoms with Gasteiger partial charge in [0.25, 0.3) is 0 Å². The Morgan fingerprint density at radius 1 is 1.37 bits per heavy atom. The predicted octanol–water partition coefficient (Wildman–Crippen LogP) is 1.56. The molecule has 1 rings (SSSR count). The van der Waals surface area contributed by atoms with Gasteiger partial charge in [0, 0.05) is 12.6 Å². The molecule has 7 heteroatoms. The zero-order chi connectivity index (χ0) is 14.3. The third-order valence-electron chi connectivity index (χ3n) is 3.06. The Hall–Kier alpha value is -0.820. The van der Waals surface area contributed by atoms with E-state index in [1.165, 1.54) is 4.90 Å². The molecular formula is C12H21F3N2O2. The molecule has 0 saturated carbocycles. The van der Waals surface area contributed by atoms with E-state index >= 15 is 0 Å². The molecule has 1 N–H and O–H groups in total. The zero-order valence-corrected chi connectivity index (χ0v) is 11.1. The number of rotatable bonds is 6. The molecule has 1 aliphatic heterocycles. The van der Waals surface area contributed by atoms with Crippen LogP contribution >= 0.6 is 0 Å². The quantitative estimate of drug-likeness (QED) is 0.751. The van der Waals surface area contributed by atoms with E-state index in [0.29, 0.717) is 45.5 Å².